The second-order valence-electron chi connectivity index (χ2n) is 5.08. The van der Waals surface area contributed by atoms with E-state index in [0.717, 1.165) is 32.7 Å². The molecule has 1 aliphatic heterocycles. The summed E-state index contributed by atoms with van der Waals surface area (Å²) in [5, 5.41) is 8.69. The molecule has 1 heterocycles. The van der Waals surface area contributed by atoms with Crippen LogP contribution in [0.2, 0.25) is 0 Å². The molecule has 1 fully saturated rings. The van der Waals surface area contributed by atoms with Crippen molar-refractivity contribution in [1.82, 2.24) is 9.80 Å². The Morgan fingerprint density at radius 1 is 1.06 bits per heavy atom. The van der Waals surface area contributed by atoms with E-state index in [1.54, 1.807) is 0 Å². The van der Waals surface area contributed by atoms with E-state index in [1.165, 1.54) is 16.7 Å². The van der Waals surface area contributed by atoms with Gasteiger partial charge < -0.3 is 0 Å². The van der Waals surface area contributed by atoms with Crippen LogP contribution in [0.4, 0.5) is 0 Å². The molecule has 18 heavy (non-hydrogen) atoms. The van der Waals surface area contributed by atoms with E-state index in [-0.39, 0.29) is 0 Å². The minimum Gasteiger partial charge on any atom is -0.297 e. The van der Waals surface area contributed by atoms with Crippen molar-refractivity contribution in [1.29, 1.82) is 5.26 Å². The summed E-state index contributed by atoms with van der Waals surface area (Å²) < 4.78 is 0. The summed E-state index contributed by atoms with van der Waals surface area (Å²) in [6, 6.07) is 8.73. The van der Waals surface area contributed by atoms with Gasteiger partial charge in [-0.3, -0.25) is 9.80 Å². The summed E-state index contributed by atoms with van der Waals surface area (Å²) in [7, 11) is 0. The van der Waals surface area contributed by atoms with Gasteiger partial charge >= 0.3 is 0 Å². The SMILES string of the molecule is Cc1cccc(C)c1CN1CCN(CC#N)CC1. The fourth-order valence-electron chi connectivity index (χ4n) is 2.53. The average Bonchev–Trinajstić information content (AvgIpc) is 2.36. The summed E-state index contributed by atoms with van der Waals surface area (Å²) in [5.74, 6) is 0. The molecular formula is C15H21N3. The molecule has 0 aromatic heterocycles. The first-order valence-corrected chi connectivity index (χ1v) is 6.57. The van der Waals surface area contributed by atoms with Crippen LogP contribution in [0.15, 0.2) is 18.2 Å². The first kappa shape index (κ1) is 13.1. The van der Waals surface area contributed by atoms with Crippen LogP contribution in [0.25, 0.3) is 0 Å². The number of piperazine rings is 1. The lowest BCUT2D eigenvalue weighted by atomic mass is 10.0. The molecule has 1 aromatic carbocycles. The highest BCUT2D eigenvalue weighted by atomic mass is 15.3. The minimum absolute atomic E-state index is 0.567. The topological polar surface area (TPSA) is 30.3 Å². The van der Waals surface area contributed by atoms with Gasteiger partial charge in [0.05, 0.1) is 12.6 Å². The molecule has 0 saturated carbocycles. The van der Waals surface area contributed by atoms with Gasteiger partial charge in [-0.25, -0.2) is 0 Å². The predicted molar refractivity (Wildman–Crippen MR) is 73.2 cm³/mol. The Morgan fingerprint density at radius 3 is 2.17 bits per heavy atom. The molecule has 1 aliphatic rings. The number of rotatable bonds is 3. The molecule has 0 bridgehead atoms. The van der Waals surface area contributed by atoms with E-state index >= 15 is 0 Å². The molecule has 0 atom stereocenters. The van der Waals surface area contributed by atoms with Gasteiger partial charge in [0.2, 0.25) is 0 Å². The van der Waals surface area contributed by atoms with Crippen molar-refractivity contribution in [3.05, 3.63) is 34.9 Å². The van der Waals surface area contributed by atoms with E-state index in [2.05, 4.69) is 47.9 Å². The summed E-state index contributed by atoms with van der Waals surface area (Å²) in [6.07, 6.45) is 0. The van der Waals surface area contributed by atoms with Gasteiger partial charge in [-0.15, -0.1) is 0 Å². The fraction of sp³-hybridized carbons (Fsp3) is 0.533. The van der Waals surface area contributed by atoms with Crippen molar-refractivity contribution >= 4 is 0 Å². The summed E-state index contributed by atoms with van der Waals surface area (Å²) in [6.45, 7) is 10.1. The van der Waals surface area contributed by atoms with Crippen molar-refractivity contribution < 1.29 is 0 Å². The van der Waals surface area contributed by atoms with Crippen molar-refractivity contribution in [3.8, 4) is 6.07 Å². The van der Waals surface area contributed by atoms with E-state index in [4.69, 9.17) is 5.26 Å². The third-order valence-corrected chi connectivity index (χ3v) is 3.79. The van der Waals surface area contributed by atoms with Crippen molar-refractivity contribution in [2.24, 2.45) is 0 Å². The molecule has 0 unspecified atom stereocenters. The van der Waals surface area contributed by atoms with Gasteiger partial charge in [-0.2, -0.15) is 5.26 Å². The smallest absolute Gasteiger partial charge is 0.0866 e. The minimum atomic E-state index is 0.567. The Kier molecular flexibility index (Phi) is 4.35. The molecule has 3 nitrogen and oxygen atoms in total. The first-order valence-electron chi connectivity index (χ1n) is 6.57. The second-order valence-corrected chi connectivity index (χ2v) is 5.08. The number of aryl methyl sites for hydroxylation is 2. The molecule has 1 aromatic rings. The molecule has 0 N–H and O–H groups in total. The Balaban J connectivity index is 1.94. The average molecular weight is 243 g/mol. The van der Waals surface area contributed by atoms with Crippen LogP contribution in [0.3, 0.4) is 0 Å². The quantitative estimate of drug-likeness (QED) is 0.760. The normalized spacial score (nSPS) is 17.6. The predicted octanol–water partition coefficient (Wildman–Crippen LogP) is 1.94. The number of hydrogen-bond acceptors (Lipinski definition) is 3. The van der Waals surface area contributed by atoms with Crippen LogP contribution >= 0.6 is 0 Å². The van der Waals surface area contributed by atoms with Gasteiger partial charge in [-0.1, -0.05) is 18.2 Å². The zero-order valence-electron chi connectivity index (χ0n) is 11.3. The third-order valence-electron chi connectivity index (χ3n) is 3.79. The Labute approximate surface area is 110 Å². The maximum atomic E-state index is 8.69. The molecule has 0 amide bonds. The molecule has 3 heteroatoms. The first-order chi connectivity index (χ1) is 8.70. The zero-order valence-corrected chi connectivity index (χ0v) is 11.3. The van der Waals surface area contributed by atoms with Gasteiger partial charge in [0.25, 0.3) is 0 Å². The lowest BCUT2D eigenvalue weighted by Crippen LogP contribution is -2.46. The van der Waals surface area contributed by atoms with Crippen LogP contribution in [0.5, 0.6) is 0 Å². The second kappa shape index (κ2) is 5.99. The molecule has 0 aliphatic carbocycles. The maximum absolute atomic E-state index is 8.69. The molecular weight excluding hydrogens is 222 g/mol. The van der Waals surface area contributed by atoms with Crippen LogP contribution in [0, 0.1) is 25.2 Å². The zero-order chi connectivity index (χ0) is 13.0. The van der Waals surface area contributed by atoms with Crippen LogP contribution in [-0.4, -0.2) is 42.5 Å². The summed E-state index contributed by atoms with van der Waals surface area (Å²) >= 11 is 0. The van der Waals surface area contributed by atoms with Gasteiger partial charge in [0.15, 0.2) is 0 Å². The van der Waals surface area contributed by atoms with Gasteiger partial charge in [0.1, 0.15) is 0 Å². The molecule has 0 spiro atoms. The Morgan fingerprint density at radius 2 is 1.61 bits per heavy atom. The standard InChI is InChI=1S/C15H21N3/c1-13-4-3-5-14(2)15(13)12-18-10-8-17(7-6-16)9-11-18/h3-5H,7-12H2,1-2H3. The molecule has 96 valence electrons. The van der Waals surface area contributed by atoms with E-state index < -0.39 is 0 Å². The lowest BCUT2D eigenvalue weighted by Gasteiger charge is -2.34. The highest BCUT2D eigenvalue weighted by Gasteiger charge is 2.17. The van der Waals surface area contributed by atoms with Crippen LogP contribution in [0.1, 0.15) is 16.7 Å². The molecule has 2 rings (SSSR count). The summed E-state index contributed by atoms with van der Waals surface area (Å²) in [4.78, 5) is 4.71. The van der Waals surface area contributed by atoms with Crippen molar-refractivity contribution in [3.63, 3.8) is 0 Å². The van der Waals surface area contributed by atoms with E-state index in [1.807, 2.05) is 0 Å². The van der Waals surface area contributed by atoms with Crippen molar-refractivity contribution in [2.45, 2.75) is 20.4 Å². The van der Waals surface area contributed by atoms with Crippen LogP contribution < -0.4 is 0 Å². The third kappa shape index (κ3) is 3.10. The maximum Gasteiger partial charge on any atom is 0.0866 e. The Hall–Kier alpha value is -1.37. The largest absolute Gasteiger partial charge is 0.297 e. The Bertz CT molecular complexity index is 419. The highest BCUT2D eigenvalue weighted by molar-refractivity contribution is 5.33. The lowest BCUT2D eigenvalue weighted by molar-refractivity contribution is 0.138. The summed E-state index contributed by atoms with van der Waals surface area (Å²) in [5.41, 5.74) is 4.23. The number of nitriles is 1. The molecule has 0 radical (unpaired) electrons. The highest BCUT2D eigenvalue weighted by Crippen LogP contribution is 2.16. The van der Waals surface area contributed by atoms with E-state index in [9.17, 15) is 0 Å². The van der Waals surface area contributed by atoms with Gasteiger partial charge in [0, 0.05) is 32.7 Å². The number of benzene rings is 1. The number of hydrogen-bond donors (Lipinski definition) is 0. The van der Waals surface area contributed by atoms with Crippen LogP contribution in [-0.2, 0) is 6.54 Å². The van der Waals surface area contributed by atoms with Gasteiger partial charge in [-0.05, 0) is 30.5 Å². The monoisotopic (exact) mass is 243 g/mol. The number of nitrogens with zero attached hydrogens (tertiary/aromatic N) is 3. The molecule has 1 saturated heterocycles. The fourth-order valence-corrected chi connectivity index (χ4v) is 2.53. The van der Waals surface area contributed by atoms with Crippen molar-refractivity contribution in [2.75, 3.05) is 32.7 Å². The van der Waals surface area contributed by atoms with E-state index in [0.29, 0.717) is 6.54 Å².